The zero-order valence-electron chi connectivity index (χ0n) is 15.1. The Balaban J connectivity index is 0.00000261. The van der Waals surface area contributed by atoms with Gasteiger partial charge in [-0.25, -0.2) is 0 Å². The molecule has 3 fully saturated rings. The van der Waals surface area contributed by atoms with Gasteiger partial charge in [-0.1, -0.05) is 11.6 Å². The van der Waals surface area contributed by atoms with Crippen LogP contribution in [0.5, 0.6) is 5.75 Å². The van der Waals surface area contributed by atoms with Gasteiger partial charge < -0.3 is 15.4 Å². The van der Waals surface area contributed by atoms with Gasteiger partial charge in [0, 0.05) is 69.5 Å². The smallest absolute Gasteiger partial charge is 0.387 e. The molecular formula is C17H25ClF2IN5O. The highest BCUT2D eigenvalue weighted by Crippen LogP contribution is 2.24. The molecule has 1 atom stereocenters. The fourth-order valence-electron chi connectivity index (χ4n) is 3.43. The molecule has 0 saturated carbocycles. The lowest BCUT2D eigenvalue weighted by atomic mass is 10.1. The molecule has 1 aromatic rings. The minimum absolute atomic E-state index is 0. The molecule has 3 heterocycles. The fourth-order valence-corrected chi connectivity index (χ4v) is 3.62. The molecule has 1 unspecified atom stereocenters. The Morgan fingerprint density at radius 3 is 2.63 bits per heavy atom. The second kappa shape index (κ2) is 10.6. The van der Waals surface area contributed by atoms with Crippen molar-refractivity contribution in [3.63, 3.8) is 0 Å². The van der Waals surface area contributed by atoms with Crippen molar-refractivity contribution >= 4 is 41.5 Å². The maximum Gasteiger partial charge on any atom is 0.387 e. The summed E-state index contributed by atoms with van der Waals surface area (Å²) in [5.41, 5.74) is 0.548. The number of piperazine rings is 3. The van der Waals surface area contributed by atoms with Crippen LogP contribution in [0.2, 0.25) is 5.02 Å². The number of nitrogens with zero attached hydrogens (tertiary/aromatic N) is 3. The van der Waals surface area contributed by atoms with Gasteiger partial charge in [-0.3, -0.25) is 14.8 Å². The van der Waals surface area contributed by atoms with Crippen molar-refractivity contribution in [1.29, 1.82) is 0 Å². The maximum absolute atomic E-state index is 12.5. The van der Waals surface area contributed by atoms with Crippen LogP contribution in [0.15, 0.2) is 23.2 Å². The molecule has 10 heteroatoms. The van der Waals surface area contributed by atoms with Crippen molar-refractivity contribution in [3.8, 4) is 5.75 Å². The second-order valence-electron chi connectivity index (χ2n) is 6.43. The summed E-state index contributed by atoms with van der Waals surface area (Å²) in [4.78, 5) is 9.17. The molecule has 2 bridgehead atoms. The minimum Gasteiger partial charge on any atom is -0.434 e. The lowest BCUT2D eigenvalue weighted by molar-refractivity contribution is -0.0504. The third kappa shape index (κ3) is 6.30. The average molecular weight is 516 g/mol. The van der Waals surface area contributed by atoms with Crippen LogP contribution in [0, 0.1) is 0 Å². The molecule has 3 aliphatic rings. The molecule has 6 nitrogen and oxygen atoms in total. The van der Waals surface area contributed by atoms with E-state index in [1.807, 2.05) is 0 Å². The Morgan fingerprint density at radius 1 is 1.30 bits per heavy atom. The van der Waals surface area contributed by atoms with E-state index in [9.17, 15) is 8.78 Å². The normalized spacial score (nSPS) is 24.5. The number of ether oxygens (including phenoxy) is 1. The Bertz CT molecular complexity index is 644. The predicted octanol–water partition coefficient (Wildman–Crippen LogP) is 2.22. The summed E-state index contributed by atoms with van der Waals surface area (Å²) in [7, 11) is 1.68. The molecule has 2 N–H and O–H groups in total. The first-order valence-electron chi connectivity index (χ1n) is 8.69. The molecule has 4 rings (SSSR count). The largest absolute Gasteiger partial charge is 0.434 e. The molecule has 0 aromatic heterocycles. The van der Waals surface area contributed by atoms with Crippen LogP contribution in [-0.2, 0) is 6.54 Å². The van der Waals surface area contributed by atoms with E-state index in [1.54, 1.807) is 13.1 Å². The number of guanidine groups is 1. The van der Waals surface area contributed by atoms with E-state index in [0.717, 1.165) is 39.3 Å². The summed E-state index contributed by atoms with van der Waals surface area (Å²) in [6, 6.07) is 5.04. The number of alkyl halides is 2. The molecule has 0 radical (unpaired) electrons. The third-order valence-corrected chi connectivity index (χ3v) is 5.04. The molecular weight excluding hydrogens is 491 g/mol. The van der Waals surface area contributed by atoms with Gasteiger partial charge in [-0.15, -0.1) is 24.0 Å². The zero-order valence-corrected chi connectivity index (χ0v) is 18.2. The van der Waals surface area contributed by atoms with E-state index in [4.69, 9.17) is 11.6 Å². The molecule has 0 spiro atoms. The van der Waals surface area contributed by atoms with Gasteiger partial charge in [0.15, 0.2) is 5.96 Å². The third-order valence-electron chi connectivity index (χ3n) is 4.81. The summed E-state index contributed by atoms with van der Waals surface area (Å²) >= 11 is 5.97. The Hall–Kier alpha value is -0.910. The number of nitrogens with one attached hydrogen (secondary N) is 2. The number of aliphatic imine (C=N–C) groups is 1. The summed E-state index contributed by atoms with van der Waals surface area (Å²) in [5, 5.41) is 6.92. The number of halogens is 4. The van der Waals surface area contributed by atoms with Crippen molar-refractivity contribution in [1.82, 2.24) is 20.4 Å². The highest BCUT2D eigenvalue weighted by atomic mass is 127. The lowest BCUT2D eigenvalue weighted by Crippen LogP contribution is -2.63. The van der Waals surface area contributed by atoms with Gasteiger partial charge in [-0.2, -0.15) is 8.78 Å². The Kier molecular flexibility index (Phi) is 8.77. The number of rotatable bonds is 6. The quantitative estimate of drug-likeness (QED) is 0.346. The van der Waals surface area contributed by atoms with E-state index >= 15 is 0 Å². The first kappa shape index (κ1) is 22.4. The van der Waals surface area contributed by atoms with Crippen LogP contribution >= 0.6 is 35.6 Å². The summed E-state index contributed by atoms with van der Waals surface area (Å²) in [5.74, 6) is 0.724. The molecule has 27 heavy (non-hydrogen) atoms. The van der Waals surface area contributed by atoms with Crippen LogP contribution in [0.4, 0.5) is 8.78 Å². The van der Waals surface area contributed by atoms with E-state index in [-0.39, 0.29) is 36.3 Å². The van der Waals surface area contributed by atoms with Gasteiger partial charge in [0.1, 0.15) is 5.75 Å². The molecule has 3 saturated heterocycles. The van der Waals surface area contributed by atoms with Crippen LogP contribution < -0.4 is 15.4 Å². The van der Waals surface area contributed by atoms with Crippen LogP contribution in [0.1, 0.15) is 5.56 Å². The van der Waals surface area contributed by atoms with Crippen LogP contribution in [-0.4, -0.2) is 74.7 Å². The SMILES string of the molecule is CN=C(NCc1cc(Cl)ccc1OC(F)F)NCC1CN2CCN1CC2.I. The van der Waals surface area contributed by atoms with Gasteiger partial charge in [0.05, 0.1) is 0 Å². The maximum atomic E-state index is 12.5. The van der Waals surface area contributed by atoms with E-state index in [0.29, 0.717) is 22.6 Å². The van der Waals surface area contributed by atoms with Gasteiger partial charge in [0.25, 0.3) is 0 Å². The predicted molar refractivity (Wildman–Crippen MR) is 114 cm³/mol. The Morgan fingerprint density at radius 2 is 2.04 bits per heavy atom. The number of hydrogen-bond acceptors (Lipinski definition) is 4. The lowest BCUT2D eigenvalue weighted by Gasteiger charge is -2.47. The topological polar surface area (TPSA) is 52.1 Å². The van der Waals surface area contributed by atoms with Crippen molar-refractivity contribution in [3.05, 3.63) is 28.8 Å². The summed E-state index contributed by atoms with van der Waals surface area (Å²) in [6.07, 6.45) is 0. The standard InChI is InChI=1S/C17H24ClF2N5O.HI/c1-21-17(23-10-14-11-24-4-6-25(14)7-5-24)22-9-12-8-13(18)2-3-15(12)26-16(19)20;/h2-3,8,14,16H,4-7,9-11H2,1H3,(H2,21,22,23);1H. The van der Waals surface area contributed by atoms with Crippen molar-refractivity contribution in [2.45, 2.75) is 19.2 Å². The number of fused-ring (bicyclic) bond motifs is 3. The first-order valence-corrected chi connectivity index (χ1v) is 9.07. The van der Waals surface area contributed by atoms with Crippen LogP contribution in [0.25, 0.3) is 0 Å². The van der Waals surface area contributed by atoms with E-state index in [2.05, 4.69) is 30.2 Å². The summed E-state index contributed by atoms with van der Waals surface area (Å²) in [6.45, 7) is 3.75. The molecule has 3 aliphatic heterocycles. The minimum atomic E-state index is -2.88. The first-order chi connectivity index (χ1) is 12.5. The van der Waals surface area contributed by atoms with Crippen molar-refractivity contribution in [2.75, 3.05) is 46.3 Å². The van der Waals surface area contributed by atoms with E-state index in [1.165, 1.54) is 12.1 Å². The number of benzene rings is 1. The number of hydrogen-bond donors (Lipinski definition) is 2. The molecule has 0 aliphatic carbocycles. The van der Waals surface area contributed by atoms with Gasteiger partial charge in [0.2, 0.25) is 0 Å². The van der Waals surface area contributed by atoms with Crippen LogP contribution in [0.3, 0.4) is 0 Å². The summed E-state index contributed by atoms with van der Waals surface area (Å²) < 4.78 is 29.6. The van der Waals surface area contributed by atoms with Crippen molar-refractivity contribution in [2.24, 2.45) is 4.99 Å². The molecule has 1 aromatic carbocycles. The highest BCUT2D eigenvalue weighted by Gasteiger charge is 2.31. The highest BCUT2D eigenvalue weighted by molar-refractivity contribution is 14.0. The monoisotopic (exact) mass is 515 g/mol. The Labute approximate surface area is 180 Å². The average Bonchev–Trinajstić information content (AvgIpc) is 2.64. The zero-order chi connectivity index (χ0) is 18.5. The van der Waals surface area contributed by atoms with Gasteiger partial charge in [-0.05, 0) is 18.2 Å². The molecule has 0 amide bonds. The van der Waals surface area contributed by atoms with E-state index < -0.39 is 6.61 Å². The second-order valence-corrected chi connectivity index (χ2v) is 6.86. The fraction of sp³-hybridized carbons (Fsp3) is 0.588. The van der Waals surface area contributed by atoms with Crippen molar-refractivity contribution < 1.29 is 13.5 Å². The molecule has 152 valence electrons. The van der Waals surface area contributed by atoms with Gasteiger partial charge >= 0.3 is 6.61 Å².